The molecule has 158 valence electrons. The Balaban J connectivity index is 1.53. The molecule has 3 nitrogen and oxygen atoms in total. The molecule has 5 aromatic carbocycles. The van der Waals surface area contributed by atoms with E-state index in [1.54, 1.807) is 0 Å². The first-order chi connectivity index (χ1) is 16.3. The van der Waals surface area contributed by atoms with Gasteiger partial charge >= 0.3 is 0 Å². The smallest absolute Gasteiger partial charge is 0.165 e. The molecule has 0 atom stereocenters. The molecule has 33 heavy (non-hydrogen) atoms. The van der Waals surface area contributed by atoms with Gasteiger partial charge in [-0.3, -0.25) is 0 Å². The quantitative estimate of drug-likeness (QED) is 0.242. The lowest BCUT2D eigenvalue weighted by Crippen LogP contribution is -2.26. The van der Waals surface area contributed by atoms with Crippen LogP contribution in [0.1, 0.15) is 0 Å². The molecule has 1 aliphatic rings. The molecule has 0 fully saturated rings. The summed E-state index contributed by atoms with van der Waals surface area (Å²) >= 11 is 3.80. The molecule has 0 saturated heterocycles. The van der Waals surface area contributed by atoms with E-state index in [9.17, 15) is 0 Å². The van der Waals surface area contributed by atoms with Crippen LogP contribution in [0, 0.1) is 0 Å². The molecule has 2 heterocycles. The lowest BCUT2D eigenvalue weighted by atomic mass is 9.99. The Hall–Kier alpha value is -3.76. The summed E-state index contributed by atoms with van der Waals surface area (Å²) in [5, 5.41) is 4.50. The highest BCUT2D eigenvalue weighted by Gasteiger charge is 2.26. The van der Waals surface area contributed by atoms with E-state index in [4.69, 9.17) is 9.15 Å². The fourth-order valence-electron chi connectivity index (χ4n) is 4.98. The molecule has 0 unspecified atom stereocenters. The highest BCUT2D eigenvalue weighted by molar-refractivity contribution is 9.10. The van der Waals surface area contributed by atoms with Gasteiger partial charge in [0.25, 0.3) is 0 Å². The minimum absolute atomic E-state index is 0.413. The van der Waals surface area contributed by atoms with Crippen LogP contribution in [-0.2, 0) is 0 Å². The van der Waals surface area contributed by atoms with Crippen LogP contribution in [0.2, 0.25) is 0 Å². The van der Waals surface area contributed by atoms with Crippen molar-refractivity contribution >= 4 is 60.0 Å². The Morgan fingerprint density at radius 3 is 2.42 bits per heavy atom. The van der Waals surface area contributed by atoms with Crippen molar-refractivity contribution in [1.29, 1.82) is 0 Å². The number of benzene rings is 5. The Morgan fingerprint density at radius 2 is 1.55 bits per heavy atom. The molecule has 7 rings (SSSR count). The summed E-state index contributed by atoms with van der Waals surface area (Å²) in [6.45, 7) is 0.413. The van der Waals surface area contributed by atoms with E-state index in [0.29, 0.717) is 6.73 Å². The van der Waals surface area contributed by atoms with Gasteiger partial charge in [0.05, 0.1) is 5.69 Å². The maximum Gasteiger partial charge on any atom is 0.165 e. The minimum atomic E-state index is 0.413. The number of hydrogen-bond donors (Lipinski definition) is 0. The van der Waals surface area contributed by atoms with Crippen LogP contribution in [0.15, 0.2) is 106 Å². The molecule has 1 aliphatic heterocycles. The third kappa shape index (κ3) is 2.74. The Bertz CT molecular complexity index is 1680. The van der Waals surface area contributed by atoms with Crippen LogP contribution in [0.25, 0.3) is 43.8 Å². The maximum absolute atomic E-state index is 6.54. The van der Waals surface area contributed by atoms with Gasteiger partial charge in [-0.2, -0.15) is 0 Å². The summed E-state index contributed by atoms with van der Waals surface area (Å²) in [6.07, 6.45) is 0. The van der Waals surface area contributed by atoms with Crippen molar-refractivity contribution in [3.63, 3.8) is 0 Å². The van der Waals surface area contributed by atoms with Gasteiger partial charge in [0.2, 0.25) is 0 Å². The van der Waals surface area contributed by atoms with E-state index in [2.05, 4.69) is 93.6 Å². The summed E-state index contributed by atoms with van der Waals surface area (Å²) in [4.78, 5) is 2.20. The van der Waals surface area contributed by atoms with Crippen molar-refractivity contribution in [2.24, 2.45) is 0 Å². The molecule has 1 aromatic heterocycles. The molecule has 0 radical (unpaired) electrons. The van der Waals surface area contributed by atoms with E-state index in [-0.39, 0.29) is 0 Å². The largest absolute Gasteiger partial charge is 0.472 e. The summed E-state index contributed by atoms with van der Waals surface area (Å²) < 4.78 is 13.7. The number of fused-ring (bicyclic) bond motifs is 3. The predicted molar refractivity (Wildman–Crippen MR) is 138 cm³/mol. The molecule has 6 aromatic rings. The highest BCUT2D eigenvalue weighted by Crippen LogP contribution is 2.48. The Kier molecular flexibility index (Phi) is 4.05. The van der Waals surface area contributed by atoms with Gasteiger partial charge in [-0.25, -0.2) is 0 Å². The van der Waals surface area contributed by atoms with Gasteiger partial charge in [-0.05, 0) is 62.8 Å². The molecule has 0 saturated carbocycles. The van der Waals surface area contributed by atoms with Gasteiger partial charge < -0.3 is 14.1 Å². The first kappa shape index (κ1) is 18.8. The van der Waals surface area contributed by atoms with E-state index in [1.807, 2.05) is 24.3 Å². The standard InChI is InChI=1S/C29H18BrNO2/c30-22-16-15-21-27-20(18-7-2-1-3-8-18)11-6-14-25(27)33-29(21)28(22)31-17-32-24-13-5-10-19-9-4-12-23(31)26(19)24/h1-16H,17H2. The predicted octanol–water partition coefficient (Wildman–Crippen LogP) is 8.66. The number of nitrogens with zero attached hydrogens (tertiary/aromatic N) is 1. The van der Waals surface area contributed by atoms with Crippen LogP contribution >= 0.6 is 15.9 Å². The topological polar surface area (TPSA) is 25.6 Å². The second-order valence-corrected chi connectivity index (χ2v) is 9.11. The van der Waals surface area contributed by atoms with Crippen LogP contribution < -0.4 is 9.64 Å². The molecule has 0 bridgehead atoms. The fourth-order valence-corrected chi connectivity index (χ4v) is 5.51. The van der Waals surface area contributed by atoms with Crippen LogP contribution in [0.3, 0.4) is 0 Å². The normalized spacial score (nSPS) is 13.1. The monoisotopic (exact) mass is 491 g/mol. The van der Waals surface area contributed by atoms with Crippen molar-refractivity contribution in [3.8, 4) is 16.9 Å². The van der Waals surface area contributed by atoms with E-state index in [0.717, 1.165) is 54.3 Å². The number of anilines is 2. The first-order valence-corrected chi connectivity index (χ1v) is 11.7. The molecule has 0 spiro atoms. The molecule has 0 amide bonds. The van der Waals surface area contributed by atoms with Gasteiger partial charge in [-0.1, -0.05) is 66.7 Å². The SMILES string of the molecule is Brc1ccc2c(oc3cccc(-c4ccccc4)c32)c1N1COc2cccc3cccc1c23. The zero-order valence-corrected chi connectivity index (χ0v) is 19.2. The maximum atomic E-state index is 6.54. The lowest BCUT2D eigenvalue weighted by molar-refractivity contribution is 0.324. The lowest BCUT2D eigenvalue weighted by Gasteiger charge is -2.31. The average molecular weight is 492 g/mol. The van der Waals surface area contributed by atoms with Crippen LogP contribution in [0.5, 0.6) is 5.75 Å². The van der Waals surface area contributed by atoms with Gasteiger partial charge in [-0.15, -0.1) is 0 Å². The number of halogens is 1. The summed E-state index contributed by atoms with van der Waals surface area (Å²) in [5.41, 5.74) is 6.17. The summed E-state index contributed by atoms with van der Waals surface area (Å²) in [7, 11) is 0. The van der Waals surface area contributed by atoms with E-state index < -0.39 is 0 Å². The van der Waals surface area contributed by atoms with Crippen LogP contribution in [-0.4, -0.2) is 6.73 Å². The van der Waals surface area contributed by atoms with Crippen molar-refractivity contribution in [2.45, 2.75) is 0 Å². The average Bonchev–Trinajstić information content (AvgIpc) is 3.24. The van der Waals surface area contributed by atoms with Crippen molar-refractivity contribution < 1.29 is 9.15 Å². The third-order valence-electron chi connectivity index (χ3n) is 6.43. The van der Waals surface area contributed by atoms with E-state index >= 15 is 0 Å². The second kappa shape index (κ2) is 7.12. The van der Waals surface area contributed by atoms with Crippen molar-refractivity contribution in [2.75, 3.05) is 11.6 Å². The third-order valence-corrected chi connectivity index (χ3v) is 7.07. The van der Waals surface area contributed by atoms with Crippen molar-refractivity contribution in [3.05, 3.63) is 102 Å². The molecular weight excluding hydrogens is 474 g/mol. The fraction of sp³-hybridized carbons (Fsp3) is 0.0345. The first-order valence-electron chi connectivity index (χ1n) is 10.9. The Morgan fingerprint density at radius 1 is 0.727 bits per heavy atom. The zero-order chi connectivity index (χ0) is 21.9. The summed E-state index contributed by atoms with van der Waals surface area (Å²) in [5.74, 6) is 0.915. The van der Waals surface area contributed by atoms with Crippen molar-refractivity contribution in [1.82, 2.24) is 0 Å². The highest BCUT2D eigenvalue weighted by atomic mass is 79.9. The summed E-state index contributed by atoms with van der Waals surface area (Å²) in [6, 6.07) is 33.5. The molecular formula is C29H18BrNO2. The molecule has 4 heteroatoms. The van der Waals surface area contributed by atoms with Crippen LogP contribution in [0.4, 0.5) is 11.4 Å². The molecule has 0 N–H and O–H groups in total. The Labute approximate surface area is 198 Å². The molecule has 0 aliphatic carbocycles. The van der Waals surface area contributed by atoms with Gasteiger partial charge in [0.15, 0.2) is 12.3 Å². The minimum Gasteiger partial charge on any atom is -0.472 e. The number of rotatable bonds is 2. The zero-order valence-electron chi connectivity index (χ0n) is 17.6. The second-order valence-electron chi connectivity index (χ2n) is 8.25. The number of ether oxygens (including phenoxy) is 1. The number of hydrogen-bond acceptors (Lipinski definition) is 3. The number of furan rings is 1. The van der Waals surface area contributed by atoms with E-state index in [1.165, 1.54) is 11.1 Å². The van der Waals surface area contributed by atoms with Gasteiger partial charge in [0.1, 0.15) is 17.0 Å². The van der Waals surface area contributed by atoms with Gasteiger partial charge in [0, 0.05) is 20.6 Å².